The predicted octanol–water partition coefficient (Wildman–Crippen LogP) is 6.54. The molecule has 0 aromatic heterocycles. The molecule has 0 fully saturated rings. The van der Waals surface area contributed by atoms with E-state index in [0.717, 1.165) is 15.4 Å². The van der Waals surface area contributed by atoms with Gasteiger partial charge in [-0.15, -0.1) is 0 Å². The van der Waals surface area contributed by atoms with Crippen molar-refractivity contribution in [3.8, 4) is 0 Å². The number of rotatable bonds is 13. The number of sulfonamides is 1. The molecule has 2 amide bonds. The van der Waals surface area contributed by atoms with E-state index in [9.17, 15) is 22.4 Å². The fraction of sp³-hybridized carbons (Fsp3) is 0.257. The molecule has 4 rings (SSSR count). The van der Waals surface area contributed by atoms with Gasteiger partial charge in [-0.25, -0.2) is 12.8 Å². The fourth-order valence-corrected chi connectivity index (χ4v) is 6.36. The van der Waals surface area contributed by atoms with Crippen molar-refractivity contribution < 1.29 is 22.4 Å². The topological polar surface area (TPSA) is 86.8 Å². The molecule has 2 atom stereocenters. The summed E-state index contributed by atoms with van der Waals surface area (Å²) >= 11 is 6.04. The third kappa shape index (κ3) is 8.93. The van der Waals surface area contributed by atoms with Gasteiger partial charge in [-0.1, -0.05) is 73.1 Å². The highest BCUT2D eigenvalue weighted by Crippen LogP contribution is 2.27. The molecule has 0 aliphatic heterocycles. The molecule has 7 nitrogen and oxygen atoms in total. The SMILES string of the molecule is CC[C@@H](C)NC(=O)[C@@H](Cc1ccccc1)N(Cc1ccc(F)cc1)C(=O)CN(c1cccc(C)c1)S(=O)(=O)c1ccc(Cl)cc1. The van der Waals surface area contributed by atoms with Crippen molar-refractivity contribution in [1.29, 1.82) is 0 Å². The van der Waals surface area contributed by atoms with Crippen molar-refractivity contribution in [2.75, 3.05) is 10.8 Å². The lowest BCUT2D eigenvalue weighted by molar-refractivity contribution is -0.140. The maximum absolute atomic E-state index is 14.5. The smallest absolute Gasteiger partial charge is 0.264 e. The van der Waals surface area contributed by atoms with Crippen LogP contribution in [-0.4, -0.2) is 43.8 Å². The standard InChI is InChI=1S/C35H37ClFN3O4S/c1-4-26(3)38-35(42)33(22-27-10-6-5-7-11-27)39(23-28-13-17-30(37)18-14-28)34(41)24-40(31-12-8-9-25(2)21-31)45(43,44)32-19-15-29(36)16-20-32/h5-21,26,33H,4,22-24H2,1-3H3,(H,38,42)/t26-,33-/m1/s1. The van der Waals surface area contributed by atoms with E-state index < -0.39 is 34.3 Å². The van der Waals surface area contributed by atoms with E-state index in [1.54, 1.807) is 30.3 Å². The number of hydrogen-bond donors (Lipinski definition) is 1. The van der Waals surface area contributed by atoms with Crippen LogP contribution in [0.25, 0.3) is 0 Å². The molecule has 0 radical (unpaired) electrons. The molecule has 236 valence electrons. The summed E-state index contributed by atoms with van der Waals surface area (Å²) < 4.78 is 43.0. The molecule has 0 aliphatic rings. The van der Waals surface area contributed by atoms with E-state index in [2.05, 4.69) is 5.32 Å². The molecule has 10 heteroatoms. The molecular formula is C35H37ClFN3O4S. The average Bonchev–Trinajstić information content (AvgIpc) is 3.02. The van der Waals surface area contributed by atoms with Gasteiger partial charge in [-0.3, -0.25) is 13.9 Å². The Morgan fingerprint density at radius 3 is 2.18 bits per heavy atom. The Hall–Kier alpha value is -4.21. The number of halogens is 2. The van der Waals surface area contributed by atoms with Gasteiger partial charge in [-0.2, -0.15) is 0 Å². The number of anilines is 1. The van der Waals surface area contributed by atoms with Crippen LogP contribution in [0.2, 0.25) is 5.02 Å². The lowest BCUT2D eigenvalue weighted by atomic mass is 10.0. The van der Waals surface area contributed by atoms with Crippen molar-refractivity contribution in [2.45, 2.75) is 57.1 Å². The molecule has 0 spiro atoms. The van der Waals surface area contributed by atoms with Crippen LogP contribution in [0.4, 0.5) is 10.1 Å². The third-order valence-corrected chi connectivity index (χ3v) is 9.55. The second kappa shape index (κ2) is 15.2. The van der Waals surface area contributed by atoms with Crippen LogP contribution in [0.15, 0.2) is 108 Å². The third-order valence-electron chi connectivity index (χ3n) is 7.51. The lowest BCUT2D eigenvalue weighted by Crippen LogP contribution is -2.54. The zero-order chi connectivity index (χ0) is 32.6. The summed E-state index contributed by atoms with van der Waals surface area (Å²) in [5.41, 5.74) is 2.50. The second-order valence-electron chi connectivity index (χ2n) is 11.0. The van der Waals surface area contributed by atoms with E-state index in [-0.39, 0.29) is 29.8 Å². The summed E-state index contributed by atoms with van der Waals surface area (Å²) in [7, 11) is -4.25. The number of benzene rings is 4. The molecule has 0 heterocycles. The highest BCUT2D eigenvalue weighted by molar-refractivity contribution is 7.92. The minimum absolute atomic E-state index is 0.0401. The molecule has 0 saturated heterocycles. The summed E-state index contributed by atoms with van der Waals surface area (Å²) in [5.74, 6) is -1.41. The number of carbonyl (C=O) groups excluding carboxylic acids is 2. The highest BCUT2D eigenvalue weighted by atomic mass is 35.5. The molecular weight excluding hydrogens is 613 g/mol. The van der Waals surface area contributed by atoms with Gasteiger partial charge in [0.05, 0.1) is 10.6 Å². The Morgan fingerprint density at radius 1 is 0.889 bits per heavy atom. The highest BCUT2D eigenvalue weighted by Gasteiger charge is 2.35. The molecule has 4 aromatic carbocycles. The van der Waals surface area contributed by atoms with Crippen molar-refractivity contribution in [1.82, 2.24) is 10.2 Å². The van der Waals surface area contributed by atoms with Crippen LogP contribution in [-0.2, 0) is 32.6 Å². The van der Waals surface area contributed by atoms with Crippen LogP contribution in [0.3, 0.4) is 0 Å². The Bertz CT molecular complexity index is 1700. The predicted molar refractivity (Wildman–Crippen MR) is 176 cm³/mol. The summed E-state index contributed by atoms with van der Waals surface area (Å²) in [6, 6.07) is 26.4. The second-order valence-corrected chi connectivity index (χ2v) is 13.3. The van der Waals surface area contributed by atoms with Gasteiger partial charge >= 0.3 is 0 Å². The Labute approximate surface area is 269 Å². The van der Waals surface area contributed by atoms with Crippen molar-refractivity contribution in [2.24, 2.45) is 0 Å². The Morgan fingerprint density at radius 2 is 1.56 bits per heavy atom. The van der Waals surface area contributed by atoms with Gasteiger partial charge in [0.2, 0.25) is 11.8 Å². The van der Waals surface area contributed by atoms with Crippen molar-refractivity contribution >= 4 is 39.1 Å². The number of aryl methyl sites for hydroxylation is 1. The van der Waals surface area contributed by atoms with Crippen LogP contribution in [0.5, 0.6) is 0 Å². The minimum atomic E-state index is -4.25. The van der Waals surface area contributed by atoms with Gasteiger partial charge < -0.3 is 10.2 Å². The quantitative estimate of drug-likeness (QED) is 0.178. The van der Waals surface area contributed by atoms with Gasteiger partial charge in [0.25, 0.3) is 10.0 Å². The summed E-state index contributed by atoms with van der Waals surface area (Å²) in [6.45, 7) is 5.01. The molecule has 0 aliphatic carbocycles. The number of nitrogens with zero attached hydrogens (tertiary/aromatic N) is 2. The number of hydrogen-bond acceptors (Lipinski definition) is 4. The fourth-order valence-electron chi connectivity index (χ4n) is 4.83. The zero-order valence-electron chi connectivity index (χ0n) is 25.5. The zero-order valence-corrected chi connectivity index (χ0v) is 27.1. The first-order valence-corrected chi connectivity index (χ1v) is 16.5. The van der Waals surface area contributed by atoms with E-state index in [1.807, 2.05) is 57.2 Å². The maximum Gasteiger partial charge on any atom is 0.264 e. The minimum Gasteiger partial charge on any atom is -0.352 e. The van der Waals surface area contributed by atoms with Gasteiger partial charge in [0.15, 0.2) is 0 Å². The summed E-state index contributed by atoms with van der Waals surface area (Å²) in [6.07, 6.45) is 0.862. The van der Waals surface area contributed by atoms with E-state index in [0.29, 0.717) is 22.7 Å². The van der Waals surface area contributed by atoms with Crippen LogP contribution in [0, 0.1) is 12.7 Å². The number of carbonyl (C=O) groups is 2. The van der Waals surface area contributed by atoms with Crippen LogP contribution >= 0.6 is 11.6 Å². The monoisotopic (exact) mass is 649 g/mol. The first-order chi connectivity index (χ1) is 21.5. The van der Waals surface area contributed by atoms with Crippen molar-refractivity contribution in [3.05, 3.63) is 131 Å². The first-order valence-electron chi connectivity index (χ1n) is 14.7. The molecule has 45 heavy (non-hydrogen) atoms. The van der Waals surface area contributed by atoms with E-state index in [4.69, 9.17) is 11.6 Å². The van der Waals surface area contributed by atoms with E-state index in [1.165, 1.54) is 41.3 Å². The first kappa shape index (κ1) is 33.7. The Balaban J connectivity index is 1.80. The number of nitrogens with one attached hydrogen (secondary N) is 1. The van der Waals surface area contributed by atoms with Gasteiger partial charge in [-0.05, 0) is 85.5 Å². The largest absolute Gasteiger partial charge is 0.352 e. The lowest BCUT2D eigenvalue weighted by Gasteiger charge is -2.34. The van der Waals surface area contributed by atoms with E-state index >= 15 is 0 Å². The Kier molecular flexibility index (Phi) is 11.4. The number of amides is 2. The molecule has 0 unspecified atom stereocenters. The average molecular weight is 650 g/mol. The molecule has 0 saturated carbocycles. The summed E-state index contributed by atoms with van der Waals surface area (Å²) in [4.78, 5) is 29.6. The molecule has 1 N–H and O–H groups in total. The molecule has 0 bridgehead atoms. The van der Waals surface area contributed by atoms with Crippen molar-refractivity contribution in [3.63, 3.8) is 0 Å². The van der Waals surface area contributed by atoms with Gasteiger partial charge in [0, 0.05) is 24.0 Å². The van der Waals surface area contributed by atoms with Gasteiger partial charge in [0.1, 0.15) is 18.4 Å². The maximum atomic E-state index is 14.5. The summed E-state index contributed by atoms with van der Waals surface area (Å²) in [5, 5.41) is 3.37. The normalized spacial score (nSPS) is 12.6. The van der Waals surface area contributed by atoms with Crippen LogP contribution < -0.4 is 9.62 Å². The molecule has 4 aromatic rings. The van der Waals surface area contributed by atoms with Crippen LogP contribution in [0.1, 0.15) is 37.0 Å².